The molecule has 3 N–H and O–H groups in total. The summed E-state index contributed by atoms with van der Waals surface area (Å²) in [6.45, 7) is 0.780. The van der Waals surface area contributed by atoms with Crippen LogP contribution in [0.1, 0.15) is 22.7 Å². The highest BCUT2D eigenvalue weighted by Crippen LogP contribution is 2.39. The van der Waals surface area contributed by atoms with E-state index < -0.39 is 0 Å². The number of hydrogen-bond donors (Lipinski definition) is 3. The highest BCUT2D eigenvalue weighted by molar-refractivity contribution is 5.53. The van der Waals surface area contributed by atoms with Crippen molar-refractivity contribution in [3.63, 3.8) is 0 Å². The topological polar surface area (TPSA) is 71.0 Å². The fraction of sp³-hybridized carbons (Fsp3) is 0.294. The Morgan fingerprint density at radius 2 is 1.77 bits per heavy atom. The number of ether oxygens (including phenoxy) is 2. The van der Waals surface area contributed by atoms with Gasteiger partial charge in [-0.3, -0.25) is 0 Å². The molecule has 0 aromatic heterocycles. The van der Waals surface area contributed by atoms with Crippen LogP contribution in [-0.2, 0) is 6.42 Å². The van der Waals surface area contributed by atoms with E-state index in [1.165, 1.54) is 0 Å². The zero-order valence-electron chi connectivity index (χ0n) is 12.6. The first-order valence-electron chi connectivity index (χ1n) is 7.14. The molecule has 2 aromatic carbocycles. The number of phenols is 2. The molecule has 0 bridgehead atoms. The van der Waals surface area contributed by atoms with Crippen LogP contribution >= 0.6 is 0 Å². The van der Waals surface area contributed by atoms with Gasteiger partial charge in [-0.1, -0.05) is 0 Å². The minimum absolute atomic E-state index is 0.0861. The van der Waals surface area contributed by atoms with Gasteiger partial charge in [0, 0.05) is 12.1 Å². The molecule has 2 aromatic rings. The van der Waals surface area contributed by atoms with Gasteiger partial charge in [0.15, 0.2) is 11.5 Å². The zero-order chi connectivity index (χ0) is 15.7. The first-order chi connectivity index (χ1) is 10.6. The lowest BCUT2D eigenvalue weighted by Crippen LogP contribution is -2.30. The fourth-order valence-electron chi connectivity index (χ4n) is 2.93. The maximum Gasteiger partial charge on any atom is 0.157 e. The zero-order valence-corrected chi connectivity index (χ0v) is 12.6. The maximum atomic E-state index is 9.83. The van der Waals surface area contributed by atoms with Gasteiger partial charge < -0.3 is 25.0 Å². The van der Waals surface area contributed by atoms with Crippen molar-refractivity contribution in [3.8, 4) is 23.0 Å². The third kappa shape index (κ3) is 2.44. The van der Waals surface area contributed by atoms with Crippen LogP contribution in [0.3, 0.4) is 0 Å². The van der Waals surface area contributed by atoms with Gasteiger partial charge in [-0.15, -0.1) is 0 Å². The molecule has 1 atom stereocenters. The van der Waals surface area contributed by atoms with E-state index in [4.69, 9.17) is 9.47 Å². The largest absolute Gasteiger partial charge is 0.504 e. The minimum atomic E-state index is -0.125. The van der Waals surface area contributed by atoms with Crippen LogP contribution < -0.4 is 14.8 Å². The Morgan fingerprint density at radius 1 is 1.00 bits per heavy atom. The number of aromatic hydroxyl groups is 2. The molecule has 3 rings (SSSR count). The number of fused-ring (bicyclic) bond motifs is 1. The van der Waals surface area contributed by atoms with Crippen molar-refractivity contribution in [1.82, 2.24) is 5.32 Å². The number of nitrogens with one attached hydrogen (secondary N) is 1. The summed E-state index contributed by atoms with van der Waals surface area (Å²) in [4.78, 5) is 0. The second-order valence-corrected chi connectivity index (χ2v) is 5.28. The van der Waals surface area contributed by atoms with Crippen LogP contribution in [0.5, 0.6) is 23.0 Å². The van der Waals surface area contributed by atoms with Crippen LogP contribution in [0, 0.1) is 0 Å². The molecule has 0 amide bonds. The summed E-state index contributed by atoms with van der Waals surface area (Å²) in [5.41, 5.74) is 2.89. The Kier molecular flexibility index (Phi) is 3.81. The van der Waals surface area contributed by atoms with Crippen molar-refractivity contribution >= 4 is 0 Å². The molecule has 22 heavy (non-hydrogen) atoms. The van der Waals surface area contributed by atoms with Gasteiger partial charge in [-0.05, 0) is 47.9 Å². The van der Waals surface area contributed by atoms with E-state index in [1.54, 1.807) is 26.4 Å². The summed E-state index contributed by atoms with van der Waals surface area (Å²) in [6.07, 6.45) is 0.798. The Hall–Kier alpha value is -2.40. The molecule has 0 radical (unpaired) electrons. The fourth-order valence-corrected chi connectivity index (χ4v) is 2.93. The second kappa shape index (κ2) is 5.77. The highest BCUT2D eigenvalue weighted by Gasteiger charge is 2.26. The summed E-state index contributed by atoms with van der Waals surface area (Å²) in [5, 5.41) is 23.0. The van der Waals surface area contributed by atoms with Gasteiger partial charge in [0.05, 0.1) is 20.3 Å². The van der Waals surface area contributed by atoms with Crippen LogP contribution in [-0.4, -0.2) is 31.0 Å². The second-order valence-electron chi connectivity index (χ2n) is 5.28. The van der Waals surface area contributed by atoms with Crippen LogP contribution in [0.25, 0.3) is 0 Å². The molecule has 0 aliphatic carbocycles. The Morgan fingerprint density at radius 3 is 2.50 bits per heavy atom. The summed E-state index contributed by atoms with van der Waals surface area (Å²) < 4.78 is 10.8. The minimum Gasteiger partial charge on any atom is -0.504 e. The molecule has 0 fully saturated rings. The van der Waals surface area contributed by atoms with Gasteiger partial charge in [-0.2, -0.15) is 0 Å². The Balaban J connectivity index is 2.13. The van der Waals surface area contributed by atoms with E-state index in [-0.39, 0.29) is 17.5 Å². The van der Waals surface area contributed by atoms with Crippen molar-refractivity contribution in [3.05, 3.63) is 47.0 Å². The van der Waals surface area contributed by atoms with E-state index in [1.807, 2.05) is 18.2 Å². The van der Waals surface area contributed by atoms with E-state index in [0.29, 0.717) is 0 Å². The standard InChI is InChI=1S/C17H19NO4/c1-21-11-3-4-16(22-2)13(8-11)17-12-9-15(20)14(19)7-10(12)5-6-18-17/h3-4,7-9,17-20H,5-6H2,1-2H3/t17-/m0/s1. The lowest BCUT2D eigenvalue weighted by atomic mass is 9.89. The number of benzene rings is 2. The molecular formula is C17H19NO4. The van der Waals surface area contributed by atoms with Gasteiger partial charge in [0.25, 0.3) is 0 Å². The van der Waals surface area contributed by atoms with Gasteiger partial charge in [-0.25, -0.2) is 0 Å². The van der Waals surface area contributed by atoms with E-state index in [0.717, 1.165) is 41.2 Å². The van der Waals surface area contributed by atoms with Crippen LogP contribution in [0.2, 0.25) is 0 Å². The Bertz CT molecular complexity index is 699. The van der Waals surface area contributed by atoms with Crippen molar-refractivity contribution in [2.24, 2.45) is 0 Å². The first kappa shape index (κ1) is 14.5. The predicted molar refractivity (Wildman–Crippen MR) is 82.9 cm³/mol. The third-order valence-electron chi connectivity index (χ3n) is 4.04. The summed E-state index contributed by atoms with van der Waals surface area (Å²) in [5.74, 6) is 1.29. The lowest BCUT2D eigenvalue weighted by Gasteiger charge is -2.29. The van der Waals surface area contributed by atoms with Crippen molar-refractivity contribution in [1.29, 1.82) is 0 Å². The summed E-state index contributed by atoms with van der Waals surface area (Å²) in [7, 11) is 3.25. The molecule has 0 saturated heterocycles. The molecule has 5 heteroatoms. The predicted octanol–water partition coefficient (Wildman–Crippen LogP) is 2.35. The number of phenolic OH excluding ortho intramolecular Hbond substituents is 2. The lowest BCUT2D eigenvalue weighted by molar-refractivity contribution is 0.389. The summed E-state index contributed by atoms with van der Waals surface area (Å²) in [6, 6.07) is 8.76. The Labute approximate surface area is 129 Å². The molecule has 1 heterocycles. The van der Waals surface area contributed by atoms with Crippen molar-refractivity contribution in [2.45, 2.75) is 12.5 Å². The van der Waals surface area contributed by atoms with Gasteiger partial charge >= 0.3 is 0 Å². The summed E-state index contributed by atoms with van der Waals surface area (Å²) >= 11 is 0. The van der Waals surface area contributed by atoms with Crippen molar-refractivity contribution in [2.75, 3.05) is 20.8 Å². The molecule has 0 spiro atoms. The normalized spacial score (nSPS) is 16.9. The van der Waals surface area contributed by atoms with Crippen LogP contribution in [0.15, 0.2) is 30.3 Å². The van der Waals surface area contributed by atoms with Gasteiger partial charge in [0.2, 0.25) is 0 Å². The van der Waals surface area contributed by atoms with Crippen molar-refractivity contribution < 1.29 is 19.7 Å². The molecule has 0 saturated carbocycles. The average molecular weight is 301 g/mol. The molecule has 1 aliphatic rings. The quantitative estimate of drug-likeness (QED) is 0.759. The smallest absolute Gasteiger partial charge is 0.157 e. The number of rotatable bonds is 3. The molecular weight excluding hydrogens is 282 g/mol. The van der Waals surface area contributed by atoms with E-state index in [2.05, 4.69) is 5.32 Å². The number of hydrogen-bond acceptors (Lipinski definition) is 5. The number of methoxy groups -OCH3 is 2. The third-order valence-corrected chi connectivity index (χ3v) is 4.04. The highest BCUT2D eigenvalue weighted by atomic mass is 16.5. The average Bonchev–Trinajstić information content (AvgIpc) is 2.55. The van der Waals surface area contributed by atoms with E-state index in [9.17, 15) is 10.2 Å². The first-order valence-corrected chi connectivity index (χ1v) is 7.14. The maximum absolute atomic E-state index is 9.83. The van der Waals surface area contributed by atoms with E-state index >= 15 is 0 Å². The molecule has 5 nitrogen and oxygen atoms in total. The SMILES string of the molecule is COc1ccc(OC)c([C@H]2NCCc3cc(O)c(O)cc32)c1. The van der Waals surface area contributed by atoms with Gasteiger partial charge in [0.1, 0.15) is 11.5 Å². The monoisotopic (exact) mass is 301 g/mol. The molecule has 116 valence electrons. The molecule has 1 aliphatic heterocycles. The van der Waals surface area contributed by atoms with Crippen LogP contribution in [0.4, 0.5) is 0 Å². The molecule has 0 unspecified atom stereocenters.